The van der Waals surface area contributed by atoms with E-state index >= 15 is 0 Å². The van der Waals surface area contributed by atoms with Crippen molar-refractivity contribution in [3.63, 3.8) is 0 Å². The number of para-hydroxylation sites is 1. The molecule has 8 heteroatoms. The molecule has 2 rings (SSSR count). The van der Waals surface area contributed by atoms with E-state index in [-0.39, 0.29) is 10.6 Å². The van der Waals surface area contributed by atoms with Gasteiger partial charge in [0.2, 0.25) is 9.84 Å². The molecule has 0 bridgehead atoms. The van der Waals surface area contributed by atoms with E-state index in [0.717, 1.165) is 0 Å². The molecule has 1 unspecified atom stereocenters. The van der Waals surface area contributed by atoms with E-state index in [1.165, 1.54) is 12.1 Å². The van der Waals surface area contributed by atoms with Crippen LogP contribution in [0.2, 0.25) is 0 Å². The Morgan fingerprint density at radius 2 is 1.87 bits per heavy atom. The van der Waals surface area contributed by atoms with Gasteiger partial charge in [-0.1, -0.05) is 26.0 Å². The van der Waals surface area contributed by atoms with Gasteiger partial charge in [-0.2, -0.15) is 8.78 Å². The van der Waals surface area contributed by atoms with Gasteiger partial charge in [-0.15, -0.1) is 0 Å². The second-order valence-corrected chi connectivity index (χ2v) is 9.49. The van der Waals surface area contributed by atoms with Crippen LogP contribution < -0.4 is 4.90 Å². The zero-order chi connectivity index (χ0) is 17.3. The van der Waals surface area contributed by atoms with Crippen LogP contribution >= 0.6 is 0 Å². The fraction of sp³-hybridized carbons (Fsp3) is 0.600. The van der Waals surface area contributed by atoms with Crippen LogP contribution in [0.5, 0.6) is 0 Å². The first-order valence-electron chi connectivity index (χ1n) is 7.53. The molecule has 1 fully saturated rings. The van der Waals surface area contributed by atoms with E-state index in [9.17, 15) is 21.4 Å². The van der Waals surface area contributed by atoms with Crippen molar-refractivity contribution in [2.24, 2.45) is 0 Å². The molecule has 0 aromatic heterocycles. The average Bonchev–Trinajstić information content (AvgIpc) is 2.55. The van der Waals surface area contributed by atoms with Crippen molar-refractivity contribution in [2.45, 2.75) is 42.1 Å². The molecule has 0 spiro atoms. The average molecular weight is 365 g/mol. The molecule has 0 N–H and O–H groups in total. The molecule has 1 saturated heterocycles. The maximum Gasteiger partial charge on any atom is 0.341 e. The second kappa shape index (κ2) is 6.84. The van der Waals surface area contributed by atoms with Gasteiger partial charge in [0.25, 0.3) is 0 Å². The van der Waals surface area contributed by atoms with Crippen molar-refractivity contribution in [3.8, 4) is 0 Å². The van der Waals surface area contributed by atoms with Gasteiger partial charge >= 0.3 is 5.76 Å². The SMILES string of the molecule is CCC1(CC)CN(c2ccccc2S(=O)(=O)C(F)F)CCS1=O. The molecule has 0 amide bonds. The summed E-state index contributed by atoms with van der Waals surface area (Å²) in [5.74, 6) is -3.05. The van der Waals surface area contributed by atoms with Crippen molar-refractivity contribution >= 4 is 26.3 Å². The van der Waals surface area contributed by atoms with Crippen molar-refractivity contribution in [1.82, 2.24) is 0 Å². The third-order valence-electron chi connectivity index (χ3n) is 4.54. The fourth-order valence-corrected chi connectivity index (χ4v) is 5.68. The smallest absolute Gasteiger partial charge is 0.341 e. The van der Waals surface area contributed by atoms with Crippen LogP contribution in [-0.2, 0) is 20.6 Å². The lowest BCUT2D eigenvalue weighted by atomic mass is 10.0. The van der Waals surface area contributed by atoms with E-state index in [1.54, 1.807) is 17.0 Å². The Morgan fingerprint density at radius 1 is 1.26 bits per heavy atom. The minimum absolute atomic E-state index is 0.274. The van der Waals surface area contributed by atoms with E-state index in [1.807, 2.05) is 13.8 Å². The number of hydrogen-bond donors (Lipinski definition) is 0. The van der Waals surface area contributed by atoms with Gasteiger partial charge < -0.3 is 4.90 Å². The zero-order valence-electron chi connectivity index (χ0n) is 13.2. The standard InChI is InChI=1S/C15H21F2NO3S2/c1-3-15(4-2)11-18(9-10-22(15)19)12-7-5-6-8-13(12)23(20,21)14(16)17/h5-8,14H,3-4,9-11H2,1-2H3. The molecule has 1 aromatic rings. The summed E-state index contributed by atoms with van der Waals surface area (Å²) in [5, 5.41) is 0. The molecule has 0 radical (unpaired) electrons. The largest absolute Gasteiger partial charge is 0.368 e. The van der Waals surface area contributed by atoms with Crippen molar-refractivity contribution in [3.05, 3.63) is 24.3 Å². The number of benzene rings is 1. The van der Waals surface area contributed by atoms with Crippen LogP contribution in [0.25, 0.3) is 0 Å². The lowest BCUT2D eigenvalue weighted by molar-refractivity contribution is 0.235. The number of nitrogens with zero attached hydrogens (tertiary/aromatic N) is 1. The topological polar surface area (TPSA) is 54.5 Å². The first-order chi connectivity index (χ1) is 10.8. The van der Waals surface area contributed by atoms with E-state index in [4.69, 9.17) is 0 Å². The van der Waals surface area contributed by atoms with E-state index in [0.29, 0.717) is 31.7 Å². The molecule has 130 valence electrons. The summed E-state index contributed by atoms with van der Waals surface area (Å²) in [4.78, 5) is 1.42. The number of alkyl halides is 2. The first-order valence-corrected chi connectivity index (χ1v) is 10.4. The molecule has 1 heterocycles. The Labute approximate surface area is 138 Å². The molecule has 0 saturated carbocycles. The van der Waals surface area contributed by atoms with Crippen LogP contribution in [0.4, 0.5) is 14.5 Å². The number of sulfone groups is 1. The number of hydrogen-bond acceptors (Lipinski definition) is 4. The molecule has 4 nitrogen and oxygen atoms in total. The molecular weight excluding hydrogens is 344 g/mol. The van der Waals surface area contributed by atoms with Crippen molar-refractivity contribution in [2.75, 3.05) is 23.7 Å². The summed E-state index contributed by atoms with van der Waals surface area (Å²) in [7, 11) is -5.68. The molecule has 1 atom stereocenters. The maximum absolute atomic E-state index is 12.9. The highest BCUT2D eigenvalue weighted by Gasteiger charge is 2.40. The van der Waals surface area contributed by atoms with Crippen LogP contribution in [0.1, 0.15) is 26.7 Å². The van der Waals surface area contributed by atoms with Crippen molar-refractivity contribution < 1.29 is 21.4 Å². The van der Waals surface area contributed by atoms with E-state index < -0.39 is 31.1 Å². The first kappa shape index (κ1) is 18.3. The minimum Gasteiger partial charge on any atom is -0.368 e. The molecule has 0 aliphatic carbocycles. The van der Waals surface area contributed by atoms with Crippen LogP contribution in [-0.4, -0.2) is 42.0 Å². The van der Waals surface area contributed by atoms with E-state index in [2.05, 4.69) is 0 Å². The highest BCUT2D eigenvalue weighted by molar-refractivity contribution is 7.91. The van der Waals surface area contributed by atoms with Gasteiger partial charge in [0.15, 0.2) is 0 Å². The van der Waals surface area contributed by atoms with Gasteiger partial charge in [0.1, 0.15) is 0 Å². The zero-order valence-corrected chi connectivity index (χ0v) is 14.8. The molecular formula is C15H21F2NO3S2. The molecule has 1 aliphatic heterocycles. The molecule has 1 aliphatic rings. The Morgan fingerprint density at radius 3 is 2.43 bits per heavy atom. The third-order valence-corrected chi connectivity index (χ3v) is 8.20. The number of halogens is 2. The Kier molecular flexibility index (Phi) is 5.45. The Balaban J connectivity index is 2.46. The summed E-state index contributed by atoms with van der Waals surface area (Å²) >= 11 is 0. The lowest BCUT2D eigenvalue weighted by Gasteiger charge is -2.42. The highest BCUT2D eigenvalue weighted by Crippen LogP contribution is 2.35. The predicted octanol–water partition coefficient (Wildman–Crippen LogP) is 2.81. The van der Waals surface area contributed by atoms with Crippen LogP contribution in [0, 0.1) is 0 Å². The molecule has 1 aromatic carbocycles. The second-order valence-electron chi connectivity index (χ2n) is 5.63. The summed E-state index contributed by atoms with van der Waals surface area (Å²) in [6, 6.07) is 5.82. The monoisotopic (exact) mass is 365 g/mol. The van der Waals surface area contributed by atoms with Gasteiger partial charge in [-0.05, 0) is 25.0 Å². The summed E-state index contributed by atoms with van der Waals surface area (Å²) in [5.41, 5.74) is 0.274. The van der Waals surface area contributed by atoms with Gasteiger partial charge in [-0.3, -0.25) is 4.21 Å². The van der Waals surface area contributed by atoms with Gasteiger partial charge in [0.05, 0.1) is 15.3 Å². The van der Waals surface area contributed by atoms with Crippen molar-refractivity contribution in [1.29, 1.82) is 0 Å². The third kappa shape index (κ3) is 3.28. The summed E-state index contributed by atoms with van der Waals surface area (Å²) in [6.45, 7) is 4.70. The fourth-order valence-electron chi connectivity index (χ4n) is 2.96. The van der Waals surface area contributed by atoms with Gasteiger partial charge in [-0.25, -0.2) is 8.42 Å². The summed E-state index contributed by atoms with van der Waals surface area (Å²) in [6.07, 6.45) is 1.38. The molecule has 23 heavy (non-hydrogen) atoms. The predicted molar refractivity (Wildman–Crippen MR) is 88.2 cm³/mol. The Bertz CT molecular complexity index is 688. The number of anilines is 1. The minimum atomic E-state index is -4.67. The Hall–Kier alpha value is -1.02. The quantitative estimate of drug-likeness (QED) is 0.805. The summed E-state index contributed by atoms with van der Waals surface area (Å²) < 4.78 is 61.7. The van der Waals surface area contributed by atoms with Gasteiger partial charge in [0, 0.05) is 29.6 Å². The lowest BCUT2D eigenvalue weighted by Crippen LogP contribution is -2.53. The van der Waals surface area contributed by atoms with Crippen LogP contribution in [0.3, 0.4) is 0 Å². The maximum atomic E-state index is 12.9. The van der Waals surface area contributed by atoms with Crippen LogP contribution in [0.15, 0.2) is 29.2 Å². The number of rotatable bonds is 5. The highest BCUT2D eigenvalue weighted by atomic mass is 32.2. The normalized spacial score (nSPS) is 21.6.